The van der Waals surface area contributed by atoms with Gasteiger partial charge in [0.2, 0.25) is 5.91 Å². The van der Waals surface area contributed by atoms with Gasteiger partial charge in [-0.1, -0.05) is 29.8 Å². The predicted octanol–water partition coefficient (Wildman–Crippen LogP) is 2.04. The Bertz CT molecular complexity index is 914. The van der Waals surface area contributed by atoms with Crippen LogP contribution in [-0.2, 0) is 19.4 Å². The second kappa shape index (κ2) is 9.38. The summed E-state index contributed by atoms with van der Waals surface area (Å²) in [6.07, 6.45) is -0.302. The molecule has 9 heteroatoms. The number of sulfone groups is 1. The molecule has 0 bridgehead atoms. The lowest BCUT2D eigenvalue weighted by atomic mass is 10.2. The van der Waals surface area contributed by atoms with E-state index in [2.05, 4.69) is 10.9 Å². The fraction of sp³-hybridized carbons (Fsp3) is 0.222. The Morgan fingerprint density at radius 2 is 1.63 bits per heavy atom. The number of hydrazine groups is 1. The van der Waals surface area contributed by atoms with E-state index in [0.717, 1.165) is 5.56 Å². The van der Waals surface area contributed by atoms with Crippen molar-refractivity contribution in [2.45, 2.75) is 18.2 Å². The highest BCUT2D eigenvalue weighted by atomic mass is 35.5. The topological polar surface area (TPSA) is 102 Å². The average Bonchev–Trinajstić information content (AvgIpc) is 2.64. The molecule has 144 valence electrons. The molecule has 0 fully saturated rings. The van der Waals surface area contributed by atoms with Crippen LogP contribution >= 0.6 is 11.6 Å². The fourth-order valence-corrected chi connectivity index (χ4v) is 3.45. The second-order valence-corrected chi connectivity index (χ2v) is 8.22. The number of ether oxygens (including phenoxy) is 1. The summed E-state index contributed by atoms with van der Waals surface area (Å²) in [5, 5.41) is 0.419. The van der Waals surface area contributed by atoms with Gasteiger partial charge in [-0.3, -0.25) is 20.4 Å². The smallest absolute Gasteiger partial charge is 0.276 e. The minimum absolute atomic E-state index is 0.0790. The van der Waals surface area contributed by atoms with Crippen LogP contribution in [0, 0.1) is 6.92 Å². The molecule has 2 rings (SSSR count). The molecule has 0 radical (unpaired) electrons. The van der Waals surface area contributed by atoms with Crippen molar-refractivity contribution < 1.29 is 22.7 Å². The molecule has 0 aliphatic rings. The zero-order valence-corrected chi connectivity index (χ0v) is 16.1. The van der Waals surface area contributed by atoms with Crippen LogP contribution in [-0.4, -0.2) is 32.6 Å². The first-order valence-electron chi connectivity index (χ1n) is 8.02. The average molecular weight is 411 g/mol. The van der Waals surface area contributed by atoms with Gasteiger partial charge in [-0.25, -0.2) is 8.42 Å². The number of carbonyl (C=O) groups is 2. The number of halogens is 1. The van der Waals surface area contributed by atoms with Gasteiger partial charge in [0.05, 0.1) is 10.6 Å². The van der Waals surface area contributed by atoms with Crippen LogP contribution in [0.15, 0.2) is 53.4 Å². The highest BCUT2D eigenvalue weighted by Crippen LogP contribution is 2.16. The molecule has 0 unspecified atom stereocenters. The first-order valence-corrected chi connectivity index (χ1v) is 10.1. The van der Waals surface area contributed by atoms with Gasteiger partial charge in [0.15, 0.2) is 16.4 Å². The third kappa shape index (κ3) is 6.58. The first-order chi connectivity index (χ1) is 12.8. The lowest BCUT2D eigenvalue weighted by molar-refractivity contribution is -0.129. The molecule has 0 saturated heterocycles. The maximum atomic E-state index is 12.1. The van der Waals surface area contributed by atoms with Gasteiger partial charge in [0.25, 0.3) is 5.91 Å². The van der Waals surface area contributed by atoms with Gasteiger partial charge in [0, 0.05) is 11.4 Å². The van der Waals surface area contributed by atoms with E-state index < -0.39 is 27.4 Å². The van der Waals surface area contributed by atoms with Gasteiger partial charge in [-0.2, -0.15) is 0 Å². The predicted molar refractivity (Wildman–Crippen MR) is 101 cm³/mol. The molecular weight excluding hydrogens is 392 g/mol. The number of hydrogen-bond donors (Lipinski definition) is 2. The Morgan fingerprint density at radius 3 is 2.30 bits per heavy atom. The molecule has 2 aromatic carbocycles. The summed E-state index contributed by atoms with van der Waals surface area (Å²) in [4.78, 5) is 23.5. The maximum Gasteiger partial charge on any atom is 0.276 e. The molecule has 7 nitrogen and oxygen atoms in total. The van der Waals surface area contributed by atoms with Crippen LogP contribution in [0.2, 0.25) is 5.02 Å². The largest absolute Gasteiger partial charge is 0.483 e. The molecular formula is C18H19ClN2O5S. The molecule has 0 saturated carbocycles. The van der Waals surface area contributed by atoms with Gasteiger partial charge in [-0.15, -0.1) is 0 Å². The lowest BCUT2D eigenvalue weighted by Gasteiger charge is -2.10. The molecule has 0 aromatic heterocycles. The third-order valence-electron chi connectivity index (χ3n) is 3.56. The summed E-state index contributed by atoms with van der Waals surface area (Å²) in [5.74, 6) is -1.02. The van der Waals surface area contributed by atoms with Gasteiger partial charge < -0.3 is 4.74 Å². The van der Waals surface area contributed by atoms with Crippen LogP contribution in [0.4, 0.5) is 0 Å². The summed E-state index contributed by atoms with van der Waals surface area (Å²) in [6, 6.07) is 12.9. The number of para-hydroxylation sites is 1. The quantitative estimate of drug-likeness (QED) is 0.680. The zero-order chi connectivity index (χ0) is 19.9. The van der Waals surface area contributed by atoms with E-state index in [1.54, 1.807) is 12.1 Å². The molecule has 0 atom stereocenters. The van der Waals surface area contributed by atoms with Crippen LogP contribution in [0.3, 0.4) is 0 Å². The summed E-state index contributed by atoms with van der Waals surface area (Å²) < 4.78 is 29.6. The summed E-state index contributed by atoms with van der Waals surface area (Å²) in [7, 11) is -3.62. The normalized spacial score (nSPS) is 10.9. The van der Waals surface area contributed by atoms with Crippen molar-refractivity contribution in [3.8, 4) is 5.75 Å². The number of hydrogen-bond acceptors (Lipinski definition) is 5. The molecule has 0 aliphatic heterocycles. The van der Waals surface area contributed by atoms with Crippen molar-refractivity contribution in [2.75, 3.05) is 12.4 Å². The number of rotatable bonds is 7. The maximum absolute atomic E-state index is 12.1. The van der Waals surface area contributed by atoms with Gasteiger partial charge in [0.1, 0.15) is 5.75 Å². The number of amides is 2. The van der Waals surface area contributed by atoms with Crippen LogP contribution in [0.5, 0.6) is 5.75 Å². The monoisotopic (exact) mass is 410 g/mol. The standard InChI is InChI=1S/C18H19ClN2O5S/c1-13-4-2-3-5-16(13)26-12-18(23)21-20-17(22)10-11-27(24,25)15-8-6-14(19)7-9-15/h2-9H,10-12H2,1H3,(H,20,22)(H,21,23). The molecule has 27 heavy (non-hydrogen) atoms. The van der Waals surface area contributed by atoms with Crippen molar-refractivity contribution in [3.05, 3.63) is 59.1 Å². The molecule has 0 heterocycles. The number of carbonyl (C=O) groups excluding carboxylic acids is 2. The Kier molecular flexibility index (Phi) is 7.20. The van der Waals surface area contributed by atoms with Crippen molar-refractivity contribution >= 4 is 33.3 Å². The first kappa shape index (κ1) is 20.7. The zero-order valence-electron chi connectivity index (χ0n) is 14.6. The van der Waals surface area contributed by atoms with Crippen LogP contribution in [0.25, 0.3) is 0 Å². The Morgan fingerprint density at radius 1 is 1.00 bits per heavy atom. The number of aryl methyl sites for hydroxylation is 1. The van der Waals surface area contributed by atoms with Crippen molar-refractivity contribution in [1.82, 2.24) is 10.9 Å². The molecule has 2 N–H and O–H groups in total. The summed E-state index contributed by atoms with van der Waals surface area (Å²) in [6.45, 7) is 1.56. The Labute approximate surface area is 162 Å². The van der Waals surface area contributed by atoms with Crippen molar-refractivity contribution in [2.24, 2.45) is 0 Å². The molecule has 2 aromatic rings. The highest BCUT2D eigenvalue weighted by Gasteiger charge is 2.16. The van der Waals surface area contributed by atoms with E-state index in [4.69, 9.17) is 16.3 Å². The second-order valence-electron chi connectivity index (χ2n) is 5.67. The van der Waals surface area contributed by atoms with E-state index in [1.165, 1.54) is 24.3 Å². The third-order valence-corrected chi connectivity index (χ3v) is 5.55. The molecule has 2 amide bonds. The van der Waals surface area contributed by atoms with E-state index >= 15 is 0 Å². The fourth-order valence-electron chi connectivity index (χ4n) is 2.09. The number of benzene rings is 2. The van der Waals surface area contributed by atoms with Crippen molar-refractivity contribution in [1.29, 1.82) is 0 Å². The van der Waals surface area contributed by atoms with Crippen LogP contribution in [0.1, 0.15) is 12.0 Å². The Balaban J connectivity index is 1.74. The molecule has 0 aliphatic carbocycles. The summed E-state index contributed by atoms with van der Waals surface area (Å²) in [5.41, 5.74) is 5.22. The number of nitrogens with one attached hydrogen (secondary N) is 2. The highest BCUT2D eigenvalue weighted by molar-refractivity contribution is 7.91. The van der Waals surface area contributed by atoms with E-state index in [1.807, 2.05) is 19.1 Å². The SMILES string of the molecule is Cc1ccccc1OCC(=O)NNC(=O)CCS(=O)(=O)c1ccc(Cl)cc1. The van der Waals surface area contributed by atoms with Crippen LogP contribution < -0.4 is 15.6 Å². The minimum atomic E-state index is -3.62. The minimum Gasteiger partial charge on any atom is -0.483 e. The summed E-state index contributed by atoms with van der Waals surface area (Å²) >= 11 is 5.72. The van der Waals surface area contributed by atoms with Gasteiger partial charge >= 0.3 is 0 Å². The lowest BCUT2D eigenvalue weighted by Crippen LogP contribution is -2.44. The molecule has 0 spiro atoms. The van der Waals surface area contributed by atoms with E-state index in [0.29, 0.717) is 10.8 Å². The van der Waals surface area contributed by atoms with Crippen molar-refractivity contribution in [3.63, 3.8) is 0 Å². The van der Waals surface area contributed by atoms with E-state index in [-0.39, 0.29) is 17.9 Å². The van der Waals surface area contributed by atoms with Gasteiger partial charge in [-0.05, 0) is 42.8 Å². The Hall–Kier alpha value is -2.58. The van der Waals surface area contributed by atoms with E-state index in [9.17, 15) is 18.0 Å².